The van der Waals surface area contributed by atoms with E-state index in [4.69, 9.17) is 4.74 Å². The zero-order valence-corrected chi connectivity index (χ0v) is 7.10. The van der Waals surface area contributed by atoms with Crippen LogP contribution in [0.1, 0.15) is 13.8 Å². The van der Waals surface area contributed by atoms with Crippen molar-refractivity contribution in [2.24, 2.45) is 0 Å². The highest BCUT2D eigenvalue weighted by molar-refractivity contribution is 7.81. The smallest absolute Gasteiger partial charge is 0.319 e. The van der Waals surface area contributed by atoms with Crippen molar-refractivity contribution < 1.29 is 9.53 Å². The van der Waals surface area contributed by atoms with E-state index in [1.807, 2.05) is 0 Å². The van der Waals surface area contributed by atoms with Gasteiger partial charge in [-0.25, -0.2) is 0 Å². The molecular formula is C7H12O2S. The molecule has 58 valence electrons. The monoisotopic (exact) mass is 160 g/mol. The van der Waals surface area contributed by atoms with Gasteiger partial charge in [-0.15, -0.1) is 0 Å². The van der Waals surface area contributed by atoms with Gasteiger partial charge in [0.05, 0.1) is 5.25 Å². The molecule has 0 amide bonds. The normalized spacial score (nSPS) is 15.5. The van der Waals surface area contributed by atoms with Gasteiger partial charge in [0.25, 0.3) is 0 Å². The molecule has 0 radical (unpaired) electrons. The van der Waals surface area contributed by atoms with Crippen molar-refractivity contribution in [3.8, 4) is 0 Å². The van der Waals surface area contributed by atoms with Gasteiger partial charge in [0.1, 0.15) is 6.10 Å². The van der Waals surface area contributed by atoms with E-state index < -0.39 is 0 Å². The minimum Gasteiger partial charge on any atom is -0.458 e. The van der Waals surface area contributed by atoms with Crippen molar-refractivity contribution >= 4 is 18.6 Å². The highest BCUT2D eigenvalue weighted by Crippen LogP contribution is 2.00. The van der Waals surface area contributed by atoms with Crippen LogP contribution in [0.25, 0.3) is 0 Å². The van der Waals surface area contributed by atoms with E-state index in [1.54, 1.807) is 19.9 Å². The highest BCUT2D eigenvalue weighted by Gasteiger charge is 2.10. The minimum atomic E-state index is -0.359. The van der Waals surface area contributed by atoms with E-state index >= 15 is 0 Å². The summed E-state index contributed by atoms with van der Waals surface area (Å²) < 4.78 is 4.83. The summed E-state index contributed by atoms with van der Waals surface area (Å²) in [5.41, 5.74) is 0. The Labute approximate surface area is 66.7 Å². The van der Waals surface area contributed by atoms with Crippen LogP contribution in [0.5, 0.6) is 0 Å². The zero-order valence-electron chi connectivity index (χ0n) is 6.20. The Morgan fingerprint density at radius 1 is 1.70 bits per heavy atom. The third kappa shape index (κ3) is 3.56. The highest BCUT2D eigenvalue weighted by atomic mass is 32.1. The summed E-state index contributed by atoms with van der Waals surface area (Å²) in [5.74, 6) is -0.310. The first kappa shape index (κ1) is 9.56. The third-order valence-electron chi connectivity index (χ3n) is 0.975. The first-order valence-corrected chi connectivity index (χ1v) is 3.60. The molecule has 0 aromatic carbocycles. The molecule has 0 N–H and O–H groups in total. The topological polar surface area (TPSA) is 26.3 Å². The Morgan fingerprint density at radius 3 is 2.50 bits per heavy atom. The standard InChI is InChI=1S/C7H12O2S/c1-4-5(2)9-7(8)6(3)10/h4-6,10H,1H2,2-3H3. The average molecular weight is 160 g/mol. The van der Waals surface area contributed by atoms with Crippen molar-refractivity contribution in [2.45, 2.75) is 25.2 Å². The second-order valence-corrected chi connectivity index (χ2v) is 2.83. The molecule has 0 bridgehead atoms. The zero-order chi connectivity index (χ0) is 8.15. The Balaban J connectivity index is 3.68. The summed E-state index contributed by atoms with van der Waals surface area (Å²) in [6, 6.07) is 0. The molecule has 0 aromatic rings. The maximum atomic E-state index is 10.8. The molecule has 0 aromatic heterocycles. The summed E-state index contributed by atoms with van der Waals surface area (Å²) >= 11 is 3.90. The quantitative estimate of drug-likeness (QED) is 0.384. The molecule has 0 rings (SSSR count). The lowest BCUT2D eigenvalue weighted by molar-refractivity contribution is -0.145. The van der Waals surface area contributed by atoms with E-state index in [0.717, 1.165) is 0 Å². The Bertz CT molecular complexity index is 132. The van der Waals surface area contributed by atoms with E-state index in [1.165, 1.54) is 0 Å². The molecule has 0 fully saturated rings. The van der Waals surface area contributed by atoms with Gasteiger partial charge in [0.2, 0.25) is 0 Å². The maximum Gasteiger partial charge on any atom is 0.319 e. The van der Waals surface area contributed by atoms with Crippen molar-refractivity contribution in [3.63, 3.8) is 0 Å². The lowest BCUT2D eigenvalue weighted by atomic mass is 10.4. The van der Waals surface area contributed by atoms with E-state index in [-0.39, 0.29) is 17.3 Å². The van der Waals surface area contributed by atoms with Gasteiger partial charge in [-0.05, 0) is 13.8 Å². The van der Waals surface area contributed by atoms with Crippen molar-refractivity contribution in [3.05, 3.63) is 12.7 Å². The molecule has 0 aliphatic heterocycles. The number of hydrogen-bond acceptors (Lipinski definition) is 3. The second kappa shape index (κ2) is 4.39. The van der Waals surface area contributed by atoms with Gasteiger partial charge >= 0.3 is 5.97 Å². The predicted molar refractivity (Wildman–Crippen MR) is 44.2 cm³/mol. The van der Waals surface area contributed by atoms with Crippen LogP contribution < -0.4 is 0 Å². The number of carbonyl (C=O) groups is 1. The predicted octanol–water partition coefficient (Wildman–Crippen LogP) is 1.42. The van der Waals surface area contributed by atoms with Gasteiger partial charge in [-0.2, -0.15) is 12.6 Å². The fraction of sp³-hybridized carbons (Fsp3) is 0.571. The molecule has 0 saturated heterocycles. The van der Waals surface area contributed by atoms with Crippen LogP contribution in [-0.2, 0) is 9.53 Å². The molecule has 0 aliphatic rings. The summed E-state index contributed by atoms with van der Waals surface area (Å²) in [4.78, 5) is 10.8. The molecule has 0 saturated carbocycles. The molecule has 2 unspecified atom stereocenters. The molecule has 10 heavy (non-hydrogen) atoms. The lowest BCUT2D eigenvalue weighted by Gasteiger charge is -2.09. The van der Waals surface area contributed by atoms with E-state index in [2.05, 4.69) is 19.2 Å². The minimum absolute atomic E-state index is 0.220. The van der Waals surface area contributed by atoms with Crippen molar-refractivity contribution in [1.82, 2.24) is 0 Å². The fourth-order valence-electron chi connectivity index (χ4n) is 0.330. The first-order chi connectivity index (χ1) is 4.57. The number of carbonyl (C=O) groups excluding carboxylic acids is 1. The molecule has 2 nitrogen and oxygen atoms in total. The molecule has 0 aliphatic carbocycles. The molecular weight excluding hydrogens is 148 g/mol. The Hall–Kier alpha value is -0.440. The van der Waals surface area contributed by atoms with Crippen LogP contribution >= 0.6 is 12.6 Å². The second-order valence-electron chi connectivity index (χ2n) is 2.05. The number of esters is 1. The molecule has 2 atom stereocenters. The van der Waals surface area contributed by atoms with Crippen LogP contribution in [0, 0.1) is 0 Å². The lowest BCUT2D eigenvalue weighted by Crippen LogP contribution is -2.19. The fourth-order valence-corrected chi connectivity index (χ4v) is 0.391. The molecule has 0 spiro atoms. The van der Waals surface area contributed by atoms with Gasteiger partial charge in [-0.1, -0.05) is 12.7 Å². The summed E-state index contributed by atoms with van der Waals surface area (Å²) in [5, 5.41) is -0.359. The van der Waals surface area contributed by atoms with Gasteiger partial charge in [0.15, 0.2) is 0 Å². The number of ether oxygens (including phenoxy) is 1. The summed E-state index contributed by atoms with van der Waals surface area (Å²) in [7, 11) is 0. The van der Waals surface area contributed by atoms with Crippen molar-refractivity contribution in [1.29, 1.82) is 0 Å². The van der Waals surface area contributed by atoms with Gasteiger partial charge in [0, 0.05) is 0 Å². The van der Waals surface area contributed by atoms with Gasteiger partial charge < -0.3 is 4.74 Å². The maximum absolute atomic E-state index is 10.8. The van der Waals surface area contributed by atoms with Gasteiger partial charge in [-0.3, -0.25) is 4.79 Å². The summed E-state index contributed by atoms with van der Waals surface area (Å²) in [6.07, 6.45) is 1.34. The van der Waals surface area contributed by atoms with Crippen LogP contribution in [0.15, 0.2) is 12.7 Å². The van der Waals surface area contributed by atoms with Crippen LogP contribution in [0.2, 0.25) is 0 Å². The molecule has 0 heterocycles. The number of hydrogen-bond donors (Lipinski definition) is 1. The first-order valence-electron chi connectivity index (χ1n) is 3.09. The SMILES string of the molecule is C=CC(C)OC(=O)C(C)S. The molecule has 3 heteroatoms. The number of thiol groups is 1. The average Bonchev–Trinajstić information content (AvgIpc) is 1.87. The Kier molecular flexibility index (Phi) is 4.19. The van der Waals surface area contributed by atoms with Crippen LogP contribution in [-0.4, -0.2) is 17.3 Å². The van der Waals surface area contributed by atoms with Crippen LogP contribution in [0.3, 0.4) is 0 Å². The van der Waals surface area contributed by atoms with E-state index in [9.17, 15) is 4.79 Å². The van der Waals surface area contributed by atoms with Crippen molar-refractivity contribution in [2.75, 3.05) is 0 Å². The van der Waals surface area contributed by atoms with Crippen LogP contribution in [0.4, 0.5) is 0 Å². The summed E-state index contributed by atoms with van der Waals surface area (Å²) in [6.45, 7) is 6.89. The Morgan fingerprint density at radius 2 is 2.20 bits per heavy atom. The van der Waals surface area contributed by atoms with E-state index in [0.29, 0.717) is 0 Å². The largest absolute Gasteiger partial charge is 0.458 e. The third-order valence-corrected chi connectivity index (χ3v) is 1.19. The number of rotatable bonds is 3.